The molecular formula is C42H46O10. The maximum atomic E-state index is 13.0. The Kier molecular flexibility index (Phi) is 15.0. The third-order valence-corrected chi connectivity index (χ3v) is 8.49. The van der Waals surface area contributed by atoms with E-state index in [-0.39, 0.29) is 25.0 Å². The molecule has 0 aromatic heterocycles. The minimum Gasteiger partial charge on any atom is -0.497 e. The molecule has 0 bridgehead atoms. The van der Waals surface area contributed by atoms with Crippen LogP contribution in [0.25, 0.3) is 12.2 Å². The number of esters is 2. The summed E-state index contributed by atoms with van der Waals surface area (Å²) >= 11 is 0. The van der Waals surface area contributed by atoms with Crippen molar-refractivity contribution < 1.29 is 47.5 Å². The highest BCUT2D eigenvalue weighted by Gasteiger charge is 2.26. The minimum atomic E-state index is -0.502. The van der Waals surface area contributed by atoms with Crippen molar-refractivity contribution in [1.82, 2.24) is 0 Å². The van der Waals surface area contributed by atoms with E-state index in [9.17, 15) is 9.59 Å². The highest BCUT2D eigenvalue weighted by molar-refractivity contribution is 5.87. The molecule has 10 nitrogen and oxygen atoms in total. The molecule has 2 atom stereocenters. The Bertz CT molecular complexity index is 1660. The van der Waals surface area contributed by atoms with Gasteiger partial charge in [0.05, 0.1) is 55.9 Å². The Labute approximate surface area is 305 Å². The molecule has 0 aliphatic carbocycles. The van der Waals surface area contributed by atoms with Gasteiger partial charge in [0.25, 0.3) is 0 Å². The van der Waals surface area contributed by atoms with Gasteiger partial charge in [-0.3, -0.25) is 0 Å². The Morgan fingerprint density at radius 3 is 1.17 bits per heavy atom. The van der Waals surface area contributed by atoms with Crippen molar-refractivity contribution >= 4 is 24.1 Å². The molecule has 0 heterocycles. The van der Waals surface area contributed by atoms with Crippen molar-refractivity contribution in [1.29, 1.82) is 0 Å². The number of rotatable bonds is 19. The molecule has 274 valence electrons. The van der Waals surface area contributed by atoms with Crippen LogP contribution in [0.3, 0.4) is 0 Å². The SMILES string of the molecule is COc1ccc(/C=C\C(=O)OC[C@@H](Cc2ccc(OC)c(OC)c2)[C@@H](COC(=O)/C=C\c2ccc(OC)cc2)Cc2ccc(OC)c(OC)c2)cc1. The molecule has 0 aliphatic rings. The van der Waals surface area contributed by atoms with Gasteiger partial charge >= 0.3 is 11.9 Å². The summed E-state index contributed by atoms with van der Waals surface area (Å²) in [5.74, 6) is 2.19. The van der Waals surface area contributed by atoms with Gasteiger partial charge in [-0.2, -0.15) is 0 Å². The smallest absolute Gasteiger partial charge is 0.330 e. The first-order valence-electron chi connectivity index (χ1n) is 16.7. The van der Waals surface area contributed by atoms with Crippen LogP contribution >= 0.6 is 0 Å². The predicted molar refractivity (Wildman–Crippen MR) is 199 cm³/mol. The molecule has 0 radical (unpaired) electrons. The third-order valence-electron chi connectivity index (χ3n) is 8.49. The van der Waals surface area contributed by atoms with E-state index in [4.69, 9.17) is 37.9 Å². The Morgan fingerprint density at radius 1 is 0.481 bits per heavy atom. The molecule has 0 saturated carbocycles. The van der Waals surface area contributed by atoms with Crippen molar-refractivity contribution in [2.24, 2.45) is 11.8 Å². The van der Waals surface area contributed by atoms with Gasteiger partial charge in [0.15, 0.2) is 23.0 Å². The number of carbonyl (C=O) groups is 2. The second-order valence-corrected chi connectivity index (χ2v) is 11.8. The summed E-state index contributed by atoms with van der Waals surface area (Å²) in [4.78, 5) is 26.1. The standard InChI is InChI=1S/C42H46O10/c1-45-35-15-7-29(8-16-35)13-21-41(43)51-27-33(23-31-11-19-37(47-3)39(25-31)49-5)34(24-32-12-20-38(48-4)40(26-32)50-6)28-52-42(44)22-14-30-9-17-36(46-2)18-10-30/h7-22,25-26,33-34H,23-24,27-28H2,1-6H3/b21-13-,22-14-/t33-,34-/m1/s1. The summed E-state index contributed by atoms with van der Waals surface area (Å²) in [6.45, 7) is 0.106. The van der Waals surface area contributed by atoms with Crippen LogP contribution in [0.4, 0.5) is 0 Å². The summed E-state index contributed by atoms with van der Waals surface area (Å²) in [6.07, 6.45) is 7.11. The number of hydrogen-bond donors (Lipinski definition) is 0. The van der Waals surface area contributed by atoms with Gasteiger partial charge in [-0.1, -0.05) is 36.4 Å². The maximum Gasteiger partial charge on any atom is 0.330 e. The number of ether oxygens (including phenoxy) is 8. The zero-order chi connectivity index (χ0) is 37.3. The fraction of sp³-hybridized carbons (Fsp3) is 0.286. The lowest BCUT2D eigenvalue weighted by molar-refractivity contribution is -0.143. The molecule has 4 aromatic carbocycles. The molecule has 0 spiro atoms. The summed E-state index contributed by atoms with van der Waals surface area (Å²) < 4.78 is 44.2. The normalized spacial score (nSPS) is 12.2. The second kappa shape index (κ2) is 20.1. The largest absolute Gasteiger partial charge is 0.497 e. The molecule has 10 heteroatoms. The topological polar surface area (TPSA) is 108 Å². The Hall–Kier alpha value is -5.90. The average molecular weight is 711 g/mol. The van der Waals surface area contributed by atoms with E-state index < -0.39 is 11.9 Å². The quantitative estimate of drug-likeness (QED) is 0.0729. The minimum absolute atomic E-state index is 0.0529. The van der Waals surface area contributed by atoms with E-state index in [0.717, 1.165) is 33.8 Å². The number of methoxy groups -OCH3 is 6. The molecule has 0 amide bonds. The van der Waals surface area contributed by atoms with Crippen LogP contribution in [0.15, 0.2) is 97.1 Å². The lowest BCUT2D eigenvalue weighted by Crippen LogP contribution is -2.30. The van der Waals surface area contributed by atoms with E-state index in [1.54, 1.807) is 54.8 Å². The van der Waals surface area contributed by atoms with Gasteiger partial charge in [-0.15, -0.1) is 0 Å². The van der Waals surface area contributed by atoms with Crippen molar-refractivity contribution in [3.63, 3.8) is 0 Å². The third kappa shape index (κ3) is 11.6. The second-order valence-electron chi connectivity index (χ2n) is 11.8. The lowest BCUT2D eigenvalue weighted by Gasteiger charge is -2.27. The molecule has 0 N–H and O–H groups in total. The van der Waals surface area contributed by atoms with Gasteiger partial charge in [0, 0.05) is 24.0 Å². The van der Waals surface area contributed by atoms with Crippen LogP contribution in [-0.4, -0.2) is 67.8 Å². The van der Waals surface area contributed by atoms with E-state index >= 15 is 0 Å². The first-order valence-corrected chi connectivity index (χ1v) is 16.7. The van der Waals surface area contributed by atoms with Crippen molar-refractivity contribution in [3.8, 4) is 34.5 Å². The van der Waals surface area contributed by atoms with Crippen LogP contribution in [0, 0.1) is 11.8 Å². The van der Waals surface area contributed by atoms with Crippen LogP contribution < -0.4 is 28.4 Å². The van der Waals surface area contributed by atoms with Crippen molar-refractivity contribution in [3.05, 3.63) is 119 Å². The average Bonchev–Trinajstić information content (AvgIpc) is 3.19. The zero-order valence-corrected chi connectivity index (χ0v) is 30.5. The molecule has 0 saturated heterocycles. The van der Waals surface area contributed by atoms with E-state index in [1.165, 1.54) is 12.2 Å². The lowest BCUT2D eigenvalue weighted by atomic mass is 9.83. The van der Waals surface area contributed by atoms with Gasteiger partial charge in [0.2, 0.25) is 0 Å². The van der Waals surface area contributed by atoms with Crippen molar-refractivity contribution in [2.75, 3.05) is 55.9 Å². The molecule has 0 fully saturated rings. The Balaban J connectivity index is 1.61. The summed E-state index contributed by atoms with van der Waals surface area (Å²) in [7, 11) is 9.51. The fourth-order valence-electron chi connectivity index (χ4n) is 5.58. The van der Waals surface area contributed by atoms with Crippen LogP contribution in [0.1, 0.15) is 22.3 Å². The number of hydrogen-bond acceptors (Lipinski definition) is 10. The summed E-state index contributed by atoms with van der Waals surface area (Å²) in [5, 5.41) is 0. The fourth-order valence-corrected chi connectivity index (χ4v) is 5.58. The predicted octanol–water partition coefficient (Wildman–Crippen LogP) is 7.27. The zero-order valence-electron chi connectivity index (χ0n) is 30.5. The number of carbonyl (C=O) groups excluding carboxylic acids is 2. The summed E-state index contributed by atoms with van der Waals surface area (Å²) in [5.41, 5.74) is 3.49. The Morgan fingerprint density at radius 2 is 0.846 bits per heavy atom. The highest BCUT2D eigenvalue weighted by atomic mass is 16.5. The van der Waals surface area contributed by atoms with E-state index in [1.807, 2.05) is 84.9 Å². The van der Waals surface area contributed by atoms with Gasteiger partial charge in [-0.05, 0) is 95.8 Å². The molecule has 4 rings (SSSR count). The molecule has 52 heavy (non-hydrogen) atoms. The first kappa shape index (κ1) is 38.9. The first-order chi connectivity index (χ1) is 25.3. The maximum absolute atomic E-state index is 13.0. The van der Waals surface area contributed by atoms with E-state index in [2.05, 4.69) is 0 Å². The van der Waals surface area contributed by atoms with Gasteiger partial charge < -0.3 is 37.9 Å². The van der Waals surface area contributed by atoms with Gasteiger partial charge in [-0.25, -0.2) is 9.59 Å². The molecular weight excluding hydrogens is 664 g/mol. The van der Waals surface area contributed by atoms with Gasteiger partial charge in [0.1, 0.15) is 11.5 Å². The molecule has 0 aliphatic heterocycles. The number of benzene rings is 4. The molecule has 4 aromatic rings. The van der Waals surface area contributed by atoms with Crippen LogP contribution in [0.2, 0.25) is 0 Å². The molecule has 0 unspecified atom stereocenters. The van der Waals surface area contributed by atoms with Crippen molar-refractivity contribution in [2.45, 2.75) is 12.8 Å². The van der Waals surface area contributed by atoms with Crippen LogP contribution in [0.5, 0.6) is 34.5 Å². The van der Waals surface area contributed by atoms with Crippen LogP contribution in [-0.2, 0) is 31.9 Å². The monoisotopic (exact) mass is 710 g/mol. The van der Waals surface area contributed by atoms with E-state index in [0.29, 0.717) is 35.8 Å². The highest BCUT2D eigenvalue weighted by Crippen LogP contribution is 2.33. The summed E-state index contributed by atoms with van der Waals surface area (Å²) in [6, 6.07) is 26.0.